The van der Waals surface area contributed by atoms with Gasteiger partial charge in [-0.1, -0.05) is 13.8 Å². The van der Waals surface area contributed by atoms with Gasteiger partial charge in [0.2, 0.25) is 0 Å². The first kappa shape index (κ1) is 10.8. The number of nitrogens with zero attached hydrogens (tertiary/aromatic N) is 1. The fraction of sp³-hybridized carbons (Fsp3) is 0.500. The van der Waals surface area contributed by atoms with E-state index in [9.17, 15) is 4.79 Å². The summed E-state index contributed by atoms with van der Waals surface area (Å²) < 4.78 is 1.62. The Morgan fingerprint density at radius 3 is 2.71 bits per heavy atom. The third kappa shape index (κ3) is 2.60. The molecule has 4 heteroatoms. The fourth-order valence-corrected chi connectivity index (χ4v) is 1.26. The largest absolute Gasteiger partial charge is 0.477 e. The zero-order valence-corrected chi connectivity index (χ0v) is 8.74. The highest BCUT2D eigenvalue weighted by Crippen LogP contribution is 2.07. The van der Waals surface area contributed by atoms with Crippen LogP contribution in [0.15, 0.2) is 12.3 Å². The van der Waals surface area contributed by atoms with E-state index in [0.717, 1.165) is 5.56 Å². The van der Waals surface area contributed by atoms with Gasteiger partial charge in [-0.05, 0) is 11.6 Å². The number of carboxylic acids is 1. The summed E-state index contributed by atoms with van der Waals surface area (Å²) in [4.78, 5) is 10.7. The van der Waals surface area contributed by atoms with Gasteiger partial charge < -0.3 is 15.0 Å². The minimum atomic E-state index is -0.886. The van der Waals surface area contributed by atoms with Crippen molar-refractivity contribution in [2.45, 2.75) is 26.4 Å². The molecule has 0 radical (unpaired) electrons. The summed E-state index contributed by atoms with van der Waals surface area (Å²) in [7, 11) is 1.74. The normalized spacial score (nSPS) is 10.9. The summed E-state index contributed by atoms with van der Waals surface area (Å²) in [5, 5.41) is 12.1. The summed E-state index contributed by atoms with van der Waals surface area (Å²) in [6.07, 6.45) is 1.83. The Morgan fingerprint density at radius 2 is 2.29 bits per heavy atom. The van der Waals surface area contributed by atoms with Gasteiger partial charge in [-0.25, -0.2) is 4.79 Å². The van der Waals surface area contributed by atoms with E-state index in [1.54, 1.807) is 17.7 Å². The summed E-state index contributed by atoms with van der Waals surface area (Å²) in [5.74, 6) is -0.886. The second kappa shape index (κ2) is 4.28. The number of nitrogens with one attached hydrogen (secondary N) is 1. The van der Waals surface area contributed by atoms with Crippen molar-refractivity contribution in [1.29, 1.82) is 0 Å². The topological polar surface area (TPSA) is 54.3 Å². The molecule has 0 amide bonds. The number of carbonyl (C=O) groups is 1. The van der Waals surface area contributed by atoms with E-state index in [4.69, 9.17) is 5.11 Å². The number of aryl methyl sites for hydroxylation is 1. The average Bonchev–Trinajstić information content (AvgIpc) is 2.43. The Morgan fingerprint density at radius 1 is 1.64 bits per heavy atom. The first-order valence-electron chi connectivity index (χ1n) is 4.62. The molecule has 0 aliphatic rings. The third-order valence-corrected chi connectivity index (χ3v) is 2.00. The lowest BCUT2D eigenvalue weighted by Gasteiger charge is -2.05. The molecule has 4 nitrogen and oxygen atoms in total. The van der Waals surface area contributed by atoms with Crippen LogP contribution in [-0.4, -0.2) is 21.7 Å². The fourth-order valence-electron chi connectivity index (χ4n) is 1.26. The molecular formula is C10H16N2O2. The predicted molar refractivity (Wildman–Crippen MR) is 54.3 cm³/mol. The second-order valence-corrected chi connectivity index (χ2v) is 3.69. The van der Waals surface area contributed by atoms with Crippen LogP contribution in [0.1, 0.15) is 29.9 Å². The lowest BCUT2D eigenvalue weighted by molar-refractivity contribution is 0.0686. The second-order valence-electron chi connectivity index (χ2n) is 3.69. The van der Waals surface area contributed by atoms with Crippen molar-refractivity contribution >= 4 is 5.97 Å². The van der Waals surface area contributed by atoms with Gasteiger partial charge in [0, 0.05) is 25.8 Å². The molecule has 0 aromatic carbocycles. The molecule has 0 aliphatic heterocycles. The quantitative estimate of drug-likeness (QED) is 0.761. The van der Waals surface area contributed by atoms with Crippen molar-refractivity contribution in [3.8, 4) is 0 Å². The molecule has 0 atom stereocenters. The highest BCUT2D eigenvalue weighted by molar-refractivity contribution is 5.86. The number of aromatic nitrogens is 1. The first-order valence-corrected chi connectivity index (χ1v) is 4.62. The molecule has 1 aromatic rings. The van der Waals surface area contributed by atoms with E-state index < -0.39 is 5.97 Å². The SMILES string of the molecule is CC(C)NCc1cc(C(=O)O)n(C)c1. The number of hydrogen-bond acceptors (Lipinski definition) is 2. The van der Waals surface area contributed by atoms with Crippen LogP contribution in [0, 0.1) is 0 Å². The zero-order chi connectivity index (χ0) is 10.7. The standard InChI is InChI=1S/C10H16N2O2/c1-7(2)11-5-8-4-9(10(13)14)12(3)6-8/h4,6-7,11H,5H2,1-3H3,(H,13,14). The molecule has 2 N–H and O–H groups in total. The number of hydrogen-bond donors (Lipinski definition) is 2. The molecule has 0 fully saturated rings. The van der Waals surface area contributed by atoms with Crippen LogP contribution < -0.4 is 5.32 Å². The maximum absolute atomic E-state index is 10.7. The van der Waals surface area contributed by atoms with Crippen LogP contribution in [0.5, 0.6) is 0 Å². The van der Waals surface area contributed by atoms with E-state index >= 15 is 0 Å². The molecule has 0 spiro atoms. The summed E-state index contributed by atoms with van der Waals surface area (Å²) in [6.45, 7) is 4.82. The van der Waals surface area contributed by atoms with Gasteiger partial charge in [-0.2, -0.15) is 0 Å². The average molecular weight is 196 g/mol. The Balaban J connectivity index is 2.71. The maximum atomic E-state index is 10.7. The monoisotopic (exact) mass is 196 g/mol. The third-order valence-electron chi connectivity index (χ3n) is 2.00. The van der Waals surface area contributed by atoms with Crippen molar-refractivity contribution in [3.63, 3.8) is 0 Å². The van der Waals surface area contributed by atoms with Crippen molar-refractivity contribution in [2.24, 2.45) is 7.05 Å². The van der Waals surface area contributed by atoms with Crippen LogP contribution in [0.25, 0.3) is 0 Å². The molecule has 1 heterocycles. The molecule has 78 valence electrons. The number of aromatic carboxylic acids is 1. The molecule has 0 bridgehead atoms. The Kier molecular flexibility index (Phi) is 3.30. The number of rotatable bonds is 4. The minimum Gasteiger partial charge on any atom is -0.477 e. The van der Waals surface area contributed by atoms with Crippen molar-refractivity contribution in [3.05, 3.63) is 23.5 Å². The molecule has 0 aliphatic carbocycles. The van der Waals surface area contributed by atoms with Gasteiger partial charge in [0.15, 0.2) is 0 Å². The van der Waals surface area contributed by atoms with Gasteiger partial charge in [-0.3, -0.25) is 0 Å². The van der Waals surface area contributed by atoms with Crippen molar-refractivity contribution < 1.29 is 9.90 Å². The van der Waals surface area contributed by atoms with Gasteiger partial charge in [0.25, 0.3) is 0 Å². The Bertz CT molecular complexity index is 329. The summed E-state index contributed by atoms with van der Waals surface area (Å²) in [5.41, 5.74) is 1.32. The highest BCUT2D eigenvalue weighted by Gasteiger charge is 2.09. The van der Waals surface area contributed by atoms with Crippen molar-refractivity contribution in [2.75, 3.05) is 0 Å². The van der Waals surface area contributed by atoms with Crippen molar-refractivity contribution in [1.82, 2.24) is 9.88 Å². The van der Waals surface area contributed by atoms with E-state index in [0.29, 0.717) is 18.3 Å². The molecular weight excluding hydrogens is 180 g/mol. The lowest BCUT2D eigenvalue weighted by atomic mass is 10.3. The summed E-state index contributed by atoms with van der Waals surface area (Å²) in [6, 6.07) is 2.10. The maximum Gasteiger partial charge on any atom is 0.352 e. The molecule has 0 unspecified atom stereocenters. The van der Waals surface area contributed by atoms with E-state index in [2.05, 4.69) is 19.2 Å². The van der Waals surface area contributed by atoms with Gasteiger partial charge >= 0.3 is 5.97 Å². The predicted octanol–water partition coefficient (Wildman–Crippen LogP) is 1.22. The Hall–Kier alpha value is -1.29. The molecule has 1 aromatic heterocycles. The van der Waals surface area contributed by atoms with Gasteiger partial charge in [0.05, 0.1) is 0 Å². The van der Waals surface area contributed by atoms with E-state index in [1.807, 2.05) is 6.20 Å². The van der Waals surface area contributed by atoms with Crippen LogP contribution >= 0.6 is 0 Å². The van der Waals surface area contributed by atoms with E-state index in [1.165, 1.54) is 0 Å². The van der Waals surface area contributed by atoms with Gasteiger partial charge in [0.1, 0.15) is 5.69 Å². The molecule has 1 rings (SSSR count). The van der Waals surface area contributed by atoms with Crippen LogP contribution in [0.3, 0.4) is 0 Å². The molecule has 14 heavy (non-hydrogen) atoms. The smallest absolute Gasteiger partial charge is 0.352 e. The molecule has 0 saturated heterocycles. The Labute approximate surface area is 83.5 Å². The highest BCUT2D eigenvalue weighted by atomic mass is 16.4. The van der Waals surface area contributed by atoms with Crippen LogP contribution in [0.2, 0.25) is 0 Å². The van der Waals surface area contributed by atoms with Crippen LogP contribution in [-0.2, 0) is 13.6 Å². The number of carboxylic acid groups (broad SMARTS) is 1. The summed E-state index contributed by atoms with van der Waals surface area (Å²) >= 11 is 0. The minimum absolute atomic E-state index is 0.325. The lowest BCUT2D eigenvalue weighted by Crippen LogP contribution is -2.21. The van der Waals surface area contributed by atoms with Crippen LogP contribution in [0.4, 0.5) is 0 Å². The first-order chi connectivity index (χ1) is 6.50. The zero-order valence-electron chi connectivity index (χ0n) is 8.74. The van der Waals surface area contributed by atoms with E-state index in [-0.39, 0.29) is 0 Å². The molecule has 0 saturated carbocycles. The van der Waals surface area contributed by atoms with Gasteiger partial charge in [-0.15, -0.1) is 0 Å².